The van der Waals surface area contributed by atoms with Crippen LogP contribution in [0, 0.1) is 0 Å². The van der Waals surface area contributed by atoms with Gasteiger partial charge in [0, 0.05) is 6.54 Å². The number of nitrogens with one attached hydrogen (secondary N) is 1. The van der Waals surface area contributed by atoms with Crippen LogP contribution in [0.25, 0.3) is 11.1 Å². The normalized spacial score (nSPS) is 16.2. The van der Waals surface area contributed by atoms with Gasteiger partial charge in [-0.05, 0) is 44.0 Å². The van der Waals surface area contributed by atoms with E-state index < -0.39 is 0 Å². The second kappa shape index (κ2) is 9.13. The van der Waals surface area contributed by atoms with E-state index in [1.807, 2.05) is 55.5 Å². The summed E-state index contributed by atoms with van der Waals surface area (Å²) in [7, 11) is 0. The Labute approximate surface area is 186 Å². The van der Waals surface area contributed by atoms with Gasteiger partial charge in [-0.3, -0.25) is 10.3 Å². The third-order valence-electron chi connectivity index (χ3n) is 5.30. The lowest BCUT2D eigenvalue weighted by Gasteiger charge is -2.33. The van der Waals surface area contributed by atoms with E-state index in [1.54, 1.807) is 12.4 Å². The summed E-state index contributed by atoms with van der Waals surface area (Å²) in [6.07, 6.45) is 5.46. The fourth-order valence-corrected chi connectivity index (χ4v) is 3.85. The van der Waals surface area contributed by atoms with Gasteiger partial charge in [0.25, 0.3) is 0 Å². The smallest absolute Gasteiger partial charge is 0.301 e. The summed E-state index contributed by atoms with van der Waals surface area (Å²) in [4.78, 5) is 15.7. The van der Waals surface area contributed by atoms with Crippen molar-refractivity contribution < 1.29 is 13.9 Å². The summed E-state index contributed by atoms with van der Waals surface area (Å²) in [5.74, 6) is 2.92. The Balaban J connectivity index is 1.28. The molecular formula is C24H25N5O3. The zero-order valence-electron chi connectivity index (χ0n) is 17.9. The van der Waals surface area contributed by atoms with E-state index in [2.05, 4.69) is 20.2 Å². The Bertz CT molecular complexity index is 1160. The van der Waals surface area contributed by atoms with E-state index in [0.29, 0.717) is 18.4 Å². The van der Waals surface area contributed by atoms with Crippen molar-refractivity contribution in [1.29, 1.82) is 0 Å². The molecule has 0 unspecified atom stereocenters. The highest BCUT2D eigenvalue weighted by molar-refractivity contribution is 5.74. The van der Waals surface area contributed by atoms with Gasteiger partial charge in [-0.25, -0.2) is 4.98 Å². The summed E-state index contributed by atoms with van der Waals surface area (Å²) in [5.41, 5.74) is 1.52. The SMILES string of the molecule is CCOc1ccccc1O[C@@H]1CCCN(c2cncc(Nc3nc4ccccc4o3)n2)C1. The molecule has 0 aliphatic carbocycles. The number of ether oxygens (including phenoxy) is 2. The highest BCUT2D eigenvalue weighted by Gasteiger charge is 2.24. The van der Waals surface area contributed by atoms with Crippen LogP contribution in [0.1, 0.15) is 19.8 Å². The van der Waals surface area contributed by atoms with E-state index in [1.165, 1.54) is 0 Å². The van der Waals surface area contributed by atoms with Crippen molar-refractivity contribution in [2.75, 3.05) is 29.9 Å². The third kappa shape index (κ3) is 4.44. The number of fused-ring (bicyclic) bond motifs is 1. The molecule has 1 aliphatic rings. The topological polar surface area (TPSA) is 85.5 Å². The summed E-state index contributed by atoms with van der Waals surface area (Å²) in [6.45, 7) is 4.20. The predicted molar refractivity (Wildman–Crippen MR) is 123 cm³/mol. The molecule has 0 spiro atoms. The molecule has 2 aromatic heterocycles. The van der Waals surface area contributed by atoms with Crippen LogP contribution in [0.4, 0.5) is 17.7 Å². The van der Waals surface area contributed by atoms with Crippen LogP contribution in [0.3, 0.4) is 0 Å². The summed E-state index contributed by atoms with van der Waals surface area (Å²) < 4.78 is 17.7. The highest BCUT2D eigenvalue weighted by Crippen LogP contribution is 2.30. The molecule has 0 radical (unpaired) electrons. The minimum Gasteiger partial charge on any atom is -0.490 e. The summed E-state index contributed by atoms with van der Waals surface area (Å²) in [6, 6.07) is 15.8. The molecule has 0 amide bonds. The largest absolute Gasteiger partial charge is 0.490 e. The van der Waals surface area contributed by atoms with Gasteiger partial charge in [-0.1, -0.05) is 24.3 Å². The van der Waals surface area contributed by atoms with E-state index in [0.717, 1.165) is 54.3 Å². The van der Waals surface area contributed by atoms with Crippen LogP contribution < -0.4 is 19.7 Å². The fraction of sp³-hybridized carbons (Fsp3) is 0.292. The van der Waals surface area contributed by atoms with Crippen molar-refractivity contribution in [2.45, 2.75) is 25.9 Å². The summed E-state index contributed by atoms with van der Waals surface area (Å²) in [5, 5.41) is 3.12. The van der Waals surface area contributed by atoms with Crippen molar-refractivity contribution in [3.63, 3.8) is 0 Å². The molecule has 2 aromatic carbocycles. The molecule has 0 saturated carbocycles. The van der Waals surface area contributed by atoms with Crippen molar-refractivity contribution >= 4 is 28.8 Å². The predicted octanol–water partition coefficient (Wildman–Crippen LogP) is 4.81. The first-order valence-corrected chi connectivity index (χ1v) is 10.9. The van der Waals surface area contributed by atoms with E-state index >= 15 is 0 Å². The highest BCUT2D eigenvalue weighted by atomic mass is 16.5. The molecule has 1 atom stereocenters. The number of benzene rings is 2. The fourth-order valence-electron chi connectivity index (χ4n) is 3.85. The number of hydrogen-bond acceptors (Lipinski definition) is 8. The van der Waals surface area contributed by atoms with Crippen LogP contribution in [0.15, 0.2) is 65.3 Å². The van der Waals surface area contributed by atoms with Crippen LogP contribution in [-0.2, 0) is 0 Å². The van der Waals surface area contributed by atoms with Crippen molar-refractivity contribution in [3.8, 4) is 11.5 Å². The lowest BCUT2D eigenvalue weighted by Crippen LogP contribution is -2.41. The molecule has 32 heavy (non-hydrogen) atoms. The number of para-hydroxylation sites is 4. The maximum absolute atomic E-state index is 6.29. The monoisotopic (exact) mass is 431 g/mol. The third-order valence-corrected chi connectivity index (χ3v) is 5.30. The molecule has 1 fully saturated rings. The van der Waals surface area contributed by atoms with Crippen LogP contribution in [0.2, 0.25) is 0 Å². The van der Waals surface area contributed by atoms with E-state index in [-0.39, 0.29) is 6.10 Å². The number of hydrogen-bond donors (Lipinski definition) is 1. The standard InChI is InChI=1S/C24H25N5O3/c1-2-30-20-11-5-6-12-21(20)31-17-8-7-13-29(16-17)23-15-25-14-22(27-23)28-24-26-18-9-3-4-10-19(18)32-24/h3-6,9-12,14-15,17H,2,7-8,13,16H2,1H3,(H,26,27,28)/t17-/m1/s1. The summed E-state index contributed by atoms with van der Waals surface area (Å²) >= 11 is 0. The van der Waals surface area contributed by atoms with Crippen molar-refractivity contribution in [3.05, 3.63) is 60.9 Å². The maximum Gasteiger partial charge on any atom is 0.301 e. The van der Waals surface area contributed by atoms with Crippen LogP contribution in [-0.4, -0.2) is 40.8 Å². The molecule has 1 saturated heterocycles. The molecule has 5 rings (SSSR count). The Morgan fingerprint density at radius 3 is 2.78 bits per heavy atom. The van der Waals surface area contributed by atoms with Crippen molar-refractivity contribution in [1.82, 2.24) is 15.0 Å². The first-order chi connectivity index (χ1) is 15.8. The second-order valence-corrected chi connectivity index (χ2v) is 7.58. The van der Waals surface area contributed by atoms with Crippen LogP contribution >= 0.6 is 0 Å². The minimum atomic E-state index is 0.0424. The Morgan fingerprint density at radius 2 is 1.91 bits per heavy atom. The molecule has 0 bridgehead atoms. The van der Waals surface area contributed by atoms with Gasteiger partial charge in [0.05, 0.1) is 25.5 Å². The quantitative estimate of drug-likeness (QED) is 0.446. The van der Waals surface area contributed by atoms with Gasteiger partial charge < -0.3 is 18.8 Å². The molecule has 1 aliphatic heterocycles. The molecule has 1 N–H and O–H groups in total. The lowest BCUT2D eigenvalue weighted by molar-refractivity contribution is 0.170. The number of aromatic nitrogens is 3. The first kappa shape index (κ1) is 20.1. The average Bonchev–Trinajstić information content (AvgIpc) is 3.23. The number of anilines is 3. The van der Waals surface area contributed by atoms with E-state index in [9.17, 15) is 0 Å². The van der Waals surface area contributed by atoms with Crippen molar-refractivity contribution in [2.24, 2.45) is 0 Å². The van der Waals surface area contributed by atoms with Gasteiger partial charge in [-0.15, -0.1) is 0 Å². The Hall–Kier alpha value is -3.81. The second-order valence-electron chi connectivity index (χ2n) is 7.58. The molecule has 8 nitrogen and oxygen atoms in total. The van der Waals surface area contributed by atoms with E-state index in [4.69, 9.17) is 18.9 Å². The van der Waals surface area contributed by atoms with Gasteiger partial charge in [0.2, 0.25) is 0 Å². The number of piperidine rings is 1. The Morgan fingerprint density at radius 1 is 1.06 bits per heavy atom. The minimum absolute atomic E-state index is 0.0424. The van der Waals surface area contributed by atoms with Crippen LogP contribution in [0.5, 0.6) is 11.5 Å². The maximum atomic E-state index is 6.29. The van der Waals surface area contributed by atoms with Gasteiger partial charge >= 0.3 is 6.01 Å². The van der Waals surface area contributed by atoms with Gasteiger partial charge in [0.15, 0.2) is 22.9 Å². The zero-order valence-corrected chi connectivity index (χ0v) is 17.9. The number of rotatable bonds is 7. The Kier molecular flexibility index (Phi) is 5.74. The molecular weight excluding hydrogens is 406 g/mol. The molecule has 164 valence electrons. The van der Waals surface area contributed by atoms with Gasteiger partial charge in [-0.2, -0.15) is 4.98 Å². The number of oxazole rings is 1. The zero-order chi connectivity index (χ0) is 21.8. The molecule has 8 heteroatoms. The molecule has 4 aromatic rings. The molecule has 3 heterocycles. The van der Waals surface area contributed by atoms with Gasteiger partial charge in [0.1, 0.15) is 17.4 Å². The number of nitrogens with zero attached hydrogens (tertiary/aromatic N) is 4. The lowest BCUT2D eigenvalue weighted by atomic mass is 10.1. The first-order valence-electron chi connectivity index (χ1n) is 10.9. The average molecular weight is 431 g/mol.